The van der Waals surface area contributed by atoms with Crippen LogP contribution < -0.4 is 10.2 Å². The number of hydrogen-bond acceptors (Lipinski definition) is 6. The second kappa shape index (κ2) is 9.88. The summed E-state index contributed by atoms with van der Waals surface area (Å²) in [6, 6.07) is 27.6. The average Bonchev–Trinajstić information content (AvgIpc) is 3.66. The third-order valence-electron chi connectivity index (χ3n) is 8.19. The Morgan fingerprint density at radius 1 is 0.875 bits per heavy atom. The lowest BCUT2D eigenvalue weighted by Crippen LogP contribution is -2.59. The van der Waals surface area contributed by atoms with Crippen LogP contribution in [0.15, 0.2) is 97.2 Å². The van der Waals surface area contributed by atoms with Crippen LogP contribution in [0.5, 0.6) is 0 Å². The molecule has 4 aromatic rings. The number of benzene rings is 3. The molecule has 2 saturated heterocycles. The van der Waals surface area contributed by atoms with Gasteiger partial charge in [-0.1, -0.05) is 80.6 Å². The van der Waals surface area contributed by atoms with Crippen LogP contribution in [-0.2, 0) is 19.1 Å². The van der Waals surface area contributed by atoms with Gasteiger partial charge in [-0.25, -0.2) is 9.58 Å². The van der Waals surface area contributed by atoms with Gasteiger partial charge >= 0.3 is 5.97 Å². The molecule has 40 heavy (non-hydrogen) atoms. The Morgan fingerprint density at radius 3 is 2.02 bits per heavy atom. The molecule has 0 saturated carbocycles. The summed E-state index contributed by atoms with van der Waals surface area (Å²) in [7, 11) is 1.32. The summed E-state index contributed by atoms with van der Waals surface area (Å²) >= 11 is 0. The molecule has 202 valence electrons. The Bertz CT molecular complexity index is 1570. The first-order valence-corrected chi connectivity index (χ1v) is 13.4. The minimum atomic E-state index is -1.41. The van der Waals surface area contributed by atoms with E-state index in [1.165, 1.54) is 12.0 Å². The number of carbonyl (C=O) groups excluding carboxylic acids is 3. The van der Waals surface area contributed by atoms with Gasteiger partial charge in [0.15, 0.2) is 0 Å². The van der Waals surface area contributed by atoms with E-state index in [0.717, 1.165) is 16.8 Å². The fourth-order valence-corrected chi connectivity index (χ4v) is 6.31. The molecule has 0 aliphatic carbocycles. The molecular weight excluding hydrogens is 504 g/mol. The van der Waals surface area contributed by atoms with Crippen molar-refractivity contribution in [1.82, 2.24) is 15.1 Å². The van der Waals surface area contributed by atoms with Crippen molar-refractivity contribution in [3.8, 4) is 16.9 Å². The molecule has 6 rings (SSSR count). The number of imide groups is 1. The van der Waals surface area contributed by atoms with Crippen LogP contribution in [0.25, 0.3) is 16.9 Å². The molecule has 0 bridgehead atoms. The summed E-state index contributed by atoms with van der Waals surface area (Å²) in [5, 5.41) is 8.42. The lowest BCUT2D eigenvalue weighted by molar-refractivity contribution is -0.154. The molecule has 3 aromatic carbocycles. The van der Waals surface area contributed by atoms with E-state index < -0.39 is 35.3 Å². The van der Waals surface area contributed by atoms with Gasteiger partial charge < -0.3 is 4.74 Å². The lowest BCUT2D eigenvalue weighted by atomic mass is 9.73. The van der Waals surface area contributed by atoms with E-state index in [1.807, 2.05) is 86.8 Å². The zero-order valence-corrected chi connectivity index (χ0v) is 22.5. The third-order valence-corrected chi connectivity index (χ3v) is 8.19. The maximum atomic E-state index is 14.2. The van der Waals surface area contributed by atoms with E-state index in [9.17, 15) is 14.4 Å². The molecule has 1 aromatic heterocycles. The van der Waals surface area contributed by atoms with Crippen LogP contribution in [-0.4, -0.2) is 40.2 Å². The van der Waals surface area contributed by atoms with Crippen LogP contribution in [0.1, 0.15) is 25.5 Å². The molecule has 0 unspecified atom stereocenters. The molecule has 2 amide bonds. The molecule has 0 radical (unpaired) electrons. The summed E-state index contributed by atoms with van der Waals surface area (Å²) in [5.74, 6) is -3.47. The van der Waals surface area contributed by atoms with E-state index in [4.69, 9.17) is 9.84 Å². The topological polar surface area (TPSA) is 93.5 Å². The minimum absolute atomic E-state index is 0.350. The summed E-state index contributed by atoms with van der Waals surface area (Å²) in [4.78, 5) is 43.2. The summed E-state index contributed by atoms with van der Waals surface area (Å²) in [6.07, 6.45) is 1.89. The fourth-order valence-electron chi connectivity index (χ4n) is 6.31. The number of amides is 2. The monoisotopic (exact) mass is 534 g/mol. The van der Waals surface area contributed by atoms with Crippen molar-refractivity contribution in [3.05, 3.63) is 103 Å². The predicted octanol–water partition coefficient (Wildman–Crippen LogP) is 4.56. The molecular formula is C32H30N4O4. The smallest absolute Gasteiger partial charge is 0.327 e. The zero-order chi connectivity index (χ0) is 28.0. The van der Waals surface area contributed by atoms with Gasteiger partial charge in [-0.3, -0.25) is 19.7 Å². The van der Waals surface area contributed by atoms with Gasteiger partial charge in [0.2, 0.25) is 11.8 Å². The number of ether oxygens (including phenoxy) is 1. The number of methoxy groups -OCH3 is 1. The second-order valence-electron chi connectivity index (χ2n) is 10.6. The molecule has 3 heterocycles. The fraction of sp³-hybridized carbons (Fsp3) is 0.250. The highest BCUT2D eigenvalue weighted by atomic mass is 16.5. The molecule has 2 aliphatic rings. The van der Waals surface area contributed by atoms with Gasteiger partial charge in [-0.15, -0.1) is 0 Å². The number of rotatable bonds is 6. The Balaban J connectivity index is 1.57. The Morgan fingerprint density at radius 2 is 1.45 bits per heavy atom. The number of nitrogens with zero attached hydrogens (tertiary/aromatic N) is 3. The Hall–Kier alpha value is -4.56. The summed E-state index contributed by atoms with van der Waals surface area (Å²) in [6.45, 7) is 3.75. The summed E-state index contributed by atoms with van der Waals surface area (Å²) < 4.78 is 7.08. The van der Waals surface area contributed by atoms with E-state index in [2.05, 4.69) is 5.32 Å². The van der Waals surface area contributed by atoms with Gasteiger partial charge in [-0.2, -0.15) is 5.10 Å². The van der Waals surface area contributed by atoms with Crippen LogP contribution in [0.4, 0.5) is 5.69 Å². The maximum Gasteiger partial charge on any atom is 0.327 e. The molecule has 1 N–H and O–H groups in total. The van der Waals surface area contributed by atoms with Gasteiger partial charge in [0.1, 0.15) is 5.54 Å². The highest BCUT2D eigenvalue weighted by Gasteiger charge is 2.70. The Labute approximate surface area is 232 Å². The number of fused-ring (bicyclic) bond motifs is 1. The SMILES string of the molecule is COC(=O)[C@]1(C(C)C)N[C@H](c2cn(-c3ccccc3)nc2-c2ccccc2)[C@@H]2C(=O)N(c3ccccc3)C(=O)[C@@H]21. The summed E-state index contributed by atoms with van der Waals surface area (Å²) in [5.41, 5.74) is 2.18. The van der Waals surface area contributed by atoms with Crippen LogP contribution >= 0.6 is 0 Å². The van der Waals surface area contributed by atoms with Gasteiger partial charge in [-0.05, 0) is 30.2 Å². The number of para-hydroxylation sites is 2. The first-order chi connectivity index (χ1) is 19.4. The van der Waals surface area contributed by atoms with Crippen molar-refractivity contribution < 1.29 is 19.1 Å². The second-order valence-corrected chi connectivity index (χ2v) is 10.6. The molecule has 2 fully saturated rings. The van der Waals surface area contributed by atoms with Crippen molar-refractivity contribution in [1.29, 1.82) is 0 Å². The van der Waals surface area contributed by atoms with Gasteiger partial charge in [0.25, 0.3) is 0 Å². The normalized spacial score (nSPS) is 24.0. The van der Waals surface area contributed by atoms with Crippen molar-refractivity contribution in [2.24, 2.45) is 17.8 Å². The number of aromatic nitrogens is 2. The third kappa shape index (κ3) is 3.78. The van der Waals surface area contributed by atoms with Crippen molar-refractivity contribution in [2.75, 3.05) is 12.0 Å². The molecule has 8 heteroatoms. The molecule has 8 nitrogen and oxygen atoms in total. The number of hydrogen-bond donors (Lipinski definition) is 1. The van der Waals surface area contributed by atoms with Gasteiger partial charge in [0, 0.05) is 23.4 Å². The number of nitrogens with one attached hydrogen (secondary N) is 1. The number of carbonyl (C=O) groups is 3. The highest BCUT2D eigenvalue weighted by Crippen LogP contribution is 2.53. The zero-order valence-electron chi connectivity index (χ0n) is 22.5. The highest BCUT2D eigenvalue weighted by molar-refractivity contribution is 6.24. The van der Waals surface area contributed by atoms with Crippen LogP contribution in [0.2, 0.25) is 0 Å². The first-order valence-electron chi connectivity index (χ1n) is 13.4. The molecule has 0 spiro atoms. The minimum Gasteiger partial charge on any atom is -0.468 e. The Kier molecular flexibility index (Phi) is 6.35. The van der Waals surface area contributed by atoms with Crippen LogP contribution in [0, 0.1) is 17.8 Å². The quantitative estimate of drug-likeness (QED) is 0.288. The average molecular weight is 535 g/mol. The lowest BCUT2D eigenvalue weighted by Gasteiger charge is -2.35. The molecule has 4 atom stereocenters. The van der Waals surface area contributed by atoms with E-state index in [0.29, 0.717) is 11.4 Å². The van der Waals surface area contributed by atoms with E-state index in [1.54, 1.807) is 28.9 Å². The number of anilines is 1. The number of esters is 1. The van der Waals surface area contributed by atoms with Gasteiger partial charge in [0.05, 0.1) is 36.0 Å². The van der Waals surface area contributed by atoms with Crippen molar-refractivity contribution in [2.45, 2.75) is 25.4 Å². The maximum absolute atomic E-state index is 14.2. The first kappa shape index (κ1) is 25.7. The van der Waals surface area contributed by atoms with E-state index >= 15 is 0 Å². The van der Waals surface area contributed by atoms with Crippen molar-refractivity contribution >= 4 is 23.5 Å². The van der Waals surface area contributed by atoms with Crippen LogP contribution in [0.3, 0.4) is 0 Å². The molecule has 2 aliphatic heterocycles. The largest absolute Gasteiger partial charge is 0.468 e. The van der Waals surface area contributed by atoms with Crippen molar-refractivity contribution in [3.63, 3.8) is 0 Å². The predicted molar refractivity (Wildman–Crippen MR) is 150 cm³/mol. The standard InChI is InChI=1S/C32H30N4O4/c1-20(2)32(31(39)40-3)26-25(29(37)36(30(26)38)23-17-11-6-12-18-23)28(33-32)24-19-35(22-15-9-5-10-16-22)34-27(24)21-13-7-4-8-14-21/h4-20,25-26,28,33H,1-3H3/t25-,26-,28-,32-/m1/s1. The van der Waals surface area contributed by atoms with E-state index in [-0.39, 0.29) is 11.8 Å².